The lowest BCUT2D eigenvalue weighted by atomic mass is 9.98. The first-order chi connectivity index (χ1) is 19.6. The predicted octanol–water partition coefficient (Wildman–Crippen LogP) is 5.26. The highest BCUT2D eigenvalue weighted by Crippen LogP contribution is 2.37. The number of benzene rings is 4. The summed E-state index contributed by atoms with van der Waals surface area (Å²) in [6.45, 7) is 0.991. The maximum absolute atomic E-state index is 13.8. The van der Waals surface area contributed by atoms with Crippen LogP contribution in [0.3, 0.4) is 0 Å². The van der Waals surface area contributed by atoms with Gasteiger partial charge in [-0.2, -0.15) is 0 Å². The molecule has 3 N–H and O–H groups in total. The van der Waals surface area contributed by atoms with Crippen LogP contribution in [0.25, 0.3) is 11.6 Å². The molecule has 0 spiro atoms. The van der Waals surface area contributed by atoms with Crippen LogP contribution in [-0.4, -0.2) is 43.4 Å². The summed E-state index contributed by atoms with van der Waals surface area (Å²) in [6.07, 6.45) is 2.29. The fourth-order valence-electron chi connectivity index (χ4n) is 4.93. The summed E-state index contributed by atoms with van der Waals surface area (Å²) in [5.41, 5.74) is 4.16. The highest BCUT2D eigenvalue weighted by molar-refractivity contribution is 6.25. The molecular formula is C34H34N2O4. The van der Waals surface area contributed by atoms with E-state index < -0.39 is 12.1 Å². The number of amides is 1. The highest BCUT2D eigenvalue weighted by Gasteiger charge is 2.26. The Hall–Kier alpha value is -4.39. The van der Waals surface area contributed by atoms with Crippen LogP contribution >= 0.6 is 0 Å². The van der Waals surface area contributed by atoms with Gasteiger partial charge in [-0.3, -0.25) is 4.79 Å². The number of hydrogen-bond donors (Lipinski definition) is 3. The van der Waals surface area contributed by atoms with E-state index in [1.165, 1.54) is 0 Å². The summed E-state index contributed by atoms with van der Waals surface area (Å²) < 4.78 is 11.6. The van der Waals surface area contributed by atoms with Gasteiger partial charge in [0, 0.05) is 17.7 Å². The van der Waals surface area contributed by atoms with Gasteiger partial charge >= 0.3 is 0 Å². The number of nitrogens with one attached hydrogen (secondary N) is 2. The van der Waals surface area contributed by atoms with Crippen molar-refractivity contribution in [2.24, 2.45) is 0 Å². The first-order valence-corrected chi connectivity index (χ1v) is 13.6. The molecule has 40 heavy (non-hydrogen) atoms. The Morgan fingerprint density at radius 3 is 2.40 bits per heavy atom. The average Bonchev–Trinajstić information content (AvgIpc) is 3.16. The van der Waals surface area contributed by atoms with E-state index in [1.807, 2.05) is 109 Å². The van der Waals surface area contributed by atoms with Crippen molar-refractivity contribution in [3.63, 3.8) is 0 Å². The number of aliphatic hydroxyl groups excluding tert-OH is 1. The maximum Gasteiger partial charge on any atom is 0.252 e. The number of fused-ring (bicyclic) bond motifs is 2. The summed E-state index contributed by atoms with van der Waals surface area (Å²) in [5, 5.41) is 17.8. The SMILES string of the molecule is COc1ccccc1CCNC[C@@H](O)[C@H](Cc1ccccc1)NC(=O)C1=Cc2ccccc2Oc2ccccc21. The van der Waals surface area contributed by atoms with Crippen LogP contribution in [-0.2, 0) is 17.6 Å². The normalized spacial score (nSPS) is 13.5. The fraction of sp³-hybridized carbons (Fsp3) is 0.206. The fourth-order valence-corrected chi connectivity index (χ4v) is 4.93. The number of ether oxygens (including phenoxy) is 2. The molecule has 0 aliphatic carbocycles. The van der Waals surface area contributed by atoms with Crippen LogP contribution in [0.1, 0.15) is 22.3 Å². The van der Waals surface area contributed by atoms with E-state index in [2.05, 4.69) is 10.6 Å². The predicted molar refractivity (Wildman–Crippen MR) is 158 cm³/mol. The minimum absolute atomic E-state index is 0.262. The second kappa shape index (κ2) is 13.1. The third-order valence-electron chi connectivity index (χ3n) is 7.06. The van der Waals surface area contributed by atoms with Gasteiger partial charge in [0.2, 0.25) is 0 Å². The van der Waals surface area contributed by atoms with Crippen molar-refractivity contribution in [3.05, 3.63) is 125 Å². The molecule has 1 heterocycles. The van der Waals surface area contributed by atoms with Crippen LogP contribution in [0.5, 0.6) is 17.2 Å². The summed E-state index contributed by atoms with van der Waals surface area (Å²) in [5.74, 6) is 1.90. The molecule has 1 amide bonds. The largest absolute Gasteiger partial charge is 0.496 e. The van der Waals surface area contributed by atoms with Gasteiger partial charge < -0.3 is 25.2 Å². The van der Waals surface area contributed by atoms with Gasteiger partial charge in [-0.15, -0.1) is 0 Å². The first-order valence-electron chi connectivity index (χ1n) is 13.6. The molecule has 0 radical (unpaired) electrons. The van der Waals surface area contributed by atoms with Crippen LogP contribution in [0.15, 0.2) is 103 Å². The molecule has 1 aliphatic heterocycles. The molecule has 0 saturated carbocycles. The number of carbonyl (C=O) groups excluding carboxylic acids is 1. The minimum Gasteiger partial charge on any atom is -0.496 e. The summed E-state index contributed by atoms with van der Waals surface area (Å²) in [7, 11) is 1.67. The Balaban J connectivity index is 1.33. The Kier molecular flexibility index (Phi) is 8.91. The first kappa shape index (κ1) is 27.2. The summed E-state index contributed by atoms with van der Waals surface area (Å²) in [4.78, 5) is 13.8. The number of aliphatic hydroxyl groups is 1. The van der Waals surface area contributed by atoms with Crippen molar-refractivity contribution in [3.8, 4) is 17.2 Å². The monoisotopic (exact) mass is 534 g/mol. The van der Waals surface area contributed by atoms with Gasteiger partial charge in [0.1, 0.15) is 17.2 Å². The molecule has 0 bridgehead atoms. The molecule has 0 saturated heterocycles. The zero-order valence-corrected chi connectivity index (χ0v) is 22.5. The molecule has 0 aromatic heterocycles. The van der Waals surface area contributed by atoms with Crippen molar-refractivity contribution >= 4 is 17.6 Å². The number of hydrogen-bond acceptors (Lipinski definition) is 5. The molecule has 6 heteroatoms. The van der Waals surface area contributed by atoms with E-state index >= 15 is 0 Å². The van der Waals surface area contributed by atoms with Crippen molar-refractivity contribution in [1.82, 2.24) is 10.6 Å². The van der Waals surface area contributed by atoms with Crippen LogP contribution in [0, 0.1) is 0 Å². The highest BCUT2D eigenvalue weighted by atomic mass is 16.5. The zero-order valence-electron chi connectivity index (χ0n) is 22.5. The summed E-state index contributed by atoms with van der Waals surface area (Å²) >= 11 is 0. The second-order valence-electron chi connectivity index (χ2n) is 9.80. The molecule has 0 unspecified atom stereocenters. The lowest BCUT2D eigenvalue weighted by molar-refractivity contribution is -0.117. The summed E-state index contributed by atoms with van der Waals surface area (Å²) in [6, 6.07) is 32.5. The van der Waals surface area contributed by atoms with Gasteiger partial charge in [-0.1, -0.05) is 84.9 Å². The van der Waals surface area contributed by atoms with E-state index in [1.54, 1.807) is 7.11 Å². The van der Waals surface area contributed by atoms with E-state index in [9.17, 15) is 9.90 Å². The van der Waals surface area contributed by atoms with Crippen molar-refractivity contribution in [1.29, 1.82) is 0 Å². The molecular weight excluding hydrogens is 500 g/mol. The topological polar surface area (TPSA) is 79.8 Å². The van der Waals surface area contributed by atoms with Gasteiger partial charge in [0.05, 0.1) is 24.8 Å². The lowest BCUT2D eigenvalue weighted by Gasteiger charge is -2.25. The van der Waals surface area contributed by atoms with Crippen molar-refractivity contribution < 1.29 is 19.4 Å². The van der Waals surface area contributed by atoms with Gasteiger partial charge in [-0.05, 0) is 54.8 Å². The van der Waals surface area contributed by atoms with Crippen LogP contribution in [0.4, 0.5) is 0 Å². The Morgan fingerprint density at radius 1 is 0.875 bits per heavy atom. The van der Waals surface area contributed by atoms with Crippen molar-refractivity contribution in [2.45, 2.75) is 25.0 Å². The third kappa shape index (κ3) is 6.60. The Bertz CT molecular complexity index is 1470. The van der Waals surface area contributed by atoms with Crippen LogP contribution in [0.2, 0.25) is 0 Å². The Morgan fingerprint density at radius 2 is 1.57 bits per heavy atom. The number of methoxy groups -OCH3 is 1. The average molecular weight is 535 g/mol. The molecule has 6 nitrogen and oxygen atoms in total. The number of rotatable bonds is 11. The molecule has 5 rings (SSSR count). The lowest BCUT2D eigenvalue weighted by Crippen LogP contribution is -2.49. The smallest absolute Gasteiger partial charge is 0.252 e. The number of para-hydroxylation sites is 3. The second-order valence-corrected chi connectivity index (χ2v) is 9.80. The quantitative estimate of drug-likeness (QED) is 0.229. The maximum atomic E-state index is 13.8. The van der Waals surface area contributed by atoms with Crippen LogP contribution < -0.4 is 20.1 Å². The van der Waals surface area contributed by atoms with Gasteiger partial charge in [0.15, 0.2) is 0 Å². The van der Waals surface area contributed by atoms with E-state index in [0.717, 1.165) is 28.9 Å². The molecule has 1 aliphatic rings. The molecule has 4 aromatic carbocycles. The van der Waals surface area contributed by atoms with E-state index in [0.29, 0.717) is 42.1 Å². The van der Waals surface area contributed by atoms with Gasteiger partial charge in [0.25, 0.3) is 5.91 Å². The molecule has 2 atom stereocenters. The molecule has 4 aromatic rings. The molecule has 204 valence electrons. The van der Waals surface area contributed by atoms with Gasteiger partial charge in [-0.25, -0.2) is 0 Å². The Labute approximate surface area is 235 Å². The van der Waals surface area contributed by atoms with Crippen molar-refractivity contribution in [2.75, 3.05) is 20.2 Å². The zero-order chi connectivity index (χ0) is 27.7. The standard InChI is InChI=1S/C34H34N2O4/c1-39-31-16-8-5-13-25(31)19-20-35-23-30(37)29(21-24-11-3-2-4-12-24)36-34(38)28-22-26-14-6-9-17-32(26)40-33-18-10-7-15-27(28)33/h2-18,22,29-30,35,37H,19-21,23H2,1H3,(H,36,38)/t29-,30+/m0/s1. The van der Waals surface area contributed by atoms with E-state index in [4.69, 9.17) is 9.47 Å². The minimum atomic E-state index is -0.813. The number of carbonyl (C=O) groups is 1. The molecule has 0 fully saturated rings. The third-order valence-corrected chi connectivity index (χ3v) is 7.06. The van der Waals surface area contributed by atoms with E-state index in [-0.39, 0.29) is 5.91 Å².